The van der Waals surface area contributed by atoms with Crippen LogP contribution in [0.1, 0.15) is 0 Å². The fourth-order valence-corrected chi connectivity index (χ4v) is 4.44. The smallest absolute Gasteiger partial charge is 0.282 e. The average Bonchev–Trinajstić information content (AvgIpc) is 2.63. The van der Waals surface area contributed by atoms with Gasteiger partial charge in [0.1, 0.15) is 0 Å². The third-order valence-electron chi connectivity index (χ3n) is 4.28. The van der Waals surface area contributed by atoms with Gasteiger partial charge in [-0.2, -0.15) is 22.0 Å². The number of ether oxygens (including phenoxy) is 1. The Morgan fingerprint density at radius 3 is 2.28 bits per heavy atom. The van der Waals surface area contributed by atoms with Crippen molar-refractivity contribution in [2.75, 3.05) is 76.4 Å². The van der Waals surface area contributed by atoms with Gasteiger partial charge >= 0.3 is 0 Å². The maximum absolute atomic E-state index is 13.7. The molecule has 1 aromatic rings. The normalized spacial score (nSPS) is 20.7. The monoisotopic (exact) mass is 374 g/mol. The van der Waals surface area contributed by atoms with Crippen LogP contribution in [-0.2, 0) is 14.9 Å². The molecule has 0 bridgehead atoms. The van der Waals surface area contributed by atoms with Crippen LogP contribution >= 0.6 is 0 Å². The molecule has 0 amide bonds. The van der Waals surface area contributed by atoms with Gasteiger partial charge in [0.2, 0.25) is 5.95 Å². The second-order valence-corrected chi connectivity index (χ2v) is 8.07. The van der Waals surface area contributed by atoms with Crippen molar-refractivity contribution < 1.29 is 17.5 Å². The molecule has 2 saturated heterocycles. The lowest BCUT2D eigenvalue weighted by Crippen LogP contribution is -2.55. The molecule has 11 heteroatoms. The van der Waals surface area contributed by atoms with Crippen molar-refractivity contribution in [1.82, 2.24) is 18.6 Å². The van der Waals surface area contributed by atoms with Crippen molar-refractivity contribution in [3.05, 3.63) is 12.0 Å². The molecule has 25 heavy (non-hydrogen) atoms. The Labute approximate surface area is 147 Å². The lowest BCUT2D eigenvalue weighted by atomic mass is 10.4. The minimum Gasteiger partial charge on any atom is -0.379 e. The number of aromatic nitrogens is 2. The molecular formula is C14H23FN6O3S. The van der Waals surface area contributed by atoms with Crippen LogP contribution in [0.5, 0.6) is 0 Å². The van der Waals surface area contributed by atoms with E-state index in [1.807, 2.05) is 4.90 Å². The molecule has 0 spiro atoms. The highest BCUT2D eigenvalue weighted by molar-refractivity contribution is 7.86. The number of piperazine rings is 1. The van der Waals surface area contributed by atoms with E-state index in [-0.39, 0.29) is 5.82 Å². The topological polar surface area (TPSA) is 82.1 Å². The van der Waals surface area contributed by atoms with Gasteiger partial charge in [0, 0.05) is 53.4 Å². The predicted molar refractivity (Wildman–Crippen MR) is 91.4 cm³/mol. The van der Waals surface area contributed by atoms with Crippen LogP contribution in [0.3, 0.4) is 0 Å². The van der Waals surface area contributed by atoms with E-state index in [1.165, 1.54) is 8.61 Å². The molecule has 3 heterocycles. The van der Waals surface area contributed by atoms with Crippen molar-refractivity contribution in [1.29, 1.82) is 0 Å². The highest BCUT2D eigenvalue weighted by Crippen LogP contribution is 2.20. The summed E-state index contributed by atoms with van der Waals surface area (Å²) in [6, 6.07) is 0. The molecule has 3 rings (SSSR count). The van der Waals surface area contributed by atoms with E-state index in [0.29, 0.717) is 58.4 Å². The van der Waals surface area contributed by atoms with Crippen molar-refractivity contribution in [2.24, 2.45) is 0 Å². The molecule has 2 fully saturated rings. The minimum absolute atomic E-state index is 0.216. The molecule has 0 atom stereocenters. The number of halogens is 1. The summed E-state index contributed by atoms with van der Waals surface area (Å²) in [5, 5.41) is 0. The van der Waals surface area contributed by atoms with E-state index in [9.17, 15) is 12.8 Å². The van der Waals surface area contributed by atoms with Gasteiger partial charge in [-0.25, -0.2) is 9.37 Å². The Hall–Kier alpha value is -1.56. The molecule has 9 nitrogen and oxygen atoms in total. The molecule has 0 saturated carbocycles. The Kier molecular flexibility index (Phi) is 5.37. The fourth-order valence-electron chi connectivity index (χ4n) is 2.87. The molecule has 140 valence electrons. The first kappa shape index (κ1) is 18.2. The SMILES string of the molecule is CN(C)c1nc(N2CCN(S(=O)(=O)N3CCOCC3)CC2)ncc1F. The van der Waals surface area contributed by atoms with Crippen LogP contribution in [-0.4, -0.2) is 93.6 Å². The van der Waals surface area contributed by atoms with Crippen LogP contribution in [0.25, 0.3) is 0 Å². The minimum atomic E-state index is -3.47. The van der Waals surface area contributed by atoms with Crippen LogP contribution in [0, 0.1) is 5.82 Å². The summed E-state index contributed by atoms with van der Waals surface area (Å²) in [5.74, 6) is 0.143. The summed E-state index contributed by atoms with van der Waals surface area (Å²) >= 11 is 0. The first-order chi connectivity index (χ1) is 11.9. The second kappa shape index (κ2) is 7.36. The first-order valence-corrected chi connectivity index (χ1v) is 9.57. The second-order valence-electron chi connectivity index (χ2n) is 6.14. The van der Waals surface area contributed by atoms with Crippen LogP contribution in [0.15, 0.2) is 6.20 Å². The number of rotatable bonds is 4. The summed E-state index contributed by atoms with van der Waals surface area (Å²) in [6.07, 6.45) is 1.15. The number of anilines is 2. The molecular weight excluding hydrogens is 351 g/mol. The van der Waals surface area contributed by atoms with Crippen molar-refractivity contribution in [2.45, 2.75) is 0 Å². The van der Waals surface area contributed by atoms with Gasteiger partial charge in [-0.3, -0.25) is 0 Å². The number of morpholine rings is 1. The van der Waals surface area contributed by atoms with Crippen molar-refractivity contribution in [3.8, 4) is 0 Å². The summed E-state index contributed by atoms with van der Waals surface area (Å²) in [4.78, 5) is 11.7. The van der Waals surface area contributed by atoms with Gasteiger partial charge < -0.3 is 14.5 Å². The van der Waals surface area contributed by atoms with Crippen molar-refractivity contribution >= 4 is 22.0 Å². The molecule has 2 aliphatic rings. The van der Waals surface area contributed by atoms with Gasteiger partial charge in [-0.1, -0.05) is 0 Å². The predicted octanol–water partition coefficient (Wildman–Crippen LogP) is -0.619. The summed E-state index contributed by atoms with van der Waals surface area (Å²) in [6.45, 7) is 3.23. The molecule has 0 radical (unpaired) electrons. The molecule has 0 N–H and O–H groups in total. The van der Waals surface area contributed by atoms with Gasteiger partial charge in [0.15, 0.2) is 11.6 Å². The lowest BCUT2D eigenvalue weighted by Gasteiger charge is -2.37. The average molecular weight is 374 g/mol. The first-order valence-electron chi connectivity index (χ1n) is 8.17. The Balaban J connectivity index is 1.66. The number of hydrogen-bond acceptors (Lipinski definition) is 7. The summed E-state index contributed by atoms with van der Waals surface area (Å²) in [7, 11) is -0.0474. The third-order valence-corrected chi connectivity index (χ3v) is 6.32. The fraction of sp³-hybridized carbons (Fsp3) is 0.714. The van der Waals surface area contributed by atoms with E-state index in [0.717, 1.165) is 6.20 Å². The maximum Gasteiger partial charge on any atom is 0.282 e. The van der Waals surface area contributed by atoms with Gasteiger partial charge in [-0.05, 0) is 0 Å². The number of hydrogen-bond donors (Lipinski definition) is 0. The van der Waals surface area contributed by atoms with Crippen LogP contribution in [0.2, 0.25) is 0 Å². The van der Waals surface area contributed by atoms with Crippen molar-refractivity contribution in [3.63, 3.8) is 0 Å². The summed E-state index contributed by atoms with van der Waals surface area (Å²) < 4.78 is 47.2. The Bertz CT molecular complexity index is 703. The van der Waals surface area contributed by atoms with Crippen LogP contribution < -0.4 is 9.80 Å². The molecule has 0 aromatic carbocycles. The Morgan fingerprint density at radius 2 is 1.68 bits per heavy atom. The summed E-state index contributed by atoms with van der Waals surface area (Å²) in [5.41, 5.74) is 0. The zero-order valence-corrected chi connectivity index (χ0v) is 15.2. The van der Waals surface area contributed by atoms with Crippen LogP contribution in [0.4, 0.5) is 16.2 Å². The zero-order valence-electron chi connectivity index (χ0n) is 14.4. The van der Waals surface area contributed by atoms with E-state index >= 15 is 0 Å². The molecule has 2 aliphatic heterocycles. The highest BCUT2D eigenvalue weighted by Gasteiger charge is 2.33. The van der Waals surface area contributed by atoms with E-state index in [2.05, 4.69) is 9.97 Å². The molecule has 0 unspecified atom stereocenters. The molecule has 1 aromatic heterocycles. The zero-order chi connectivity index (χ0) is 18.0. The lowest BCUT2D eigenvalue weighted by molar-refractivity contribution is 0.0700. The Morgan fingerprint density at radius 1 is 1.08 bits per heavy atom. The quantitative estimate of drug-likeness (QED) is 0.695. The van der Waals surface area contributed by atoms with Gasteiger partial charge in [0.05, 0.1) is 19.4 Å². The standard InChI is InChI=1S/C14H23FN6O3S/c1-18(2)13-12(15)11-16-14(17-13)19-3-5-20(6-4-19)25(22,23)21-7-9-24-10-8-21/h11H,3-10H2,1-2H3. The largest absolute Gasteiger partial charge is 0.379 e. The number of nitrogens with zero attached hydrogens (tertiary/aromatic N) is 6. The highest BCUT2D eigenvalue weighted by atomic mass is 32.2. The van der Waals surface area contributed by atoms with Gasteiger partial charge in [-0.15, -0.1) is 0 Å². The van der Waals surface area contributed by atoms with E-state index in [4.69, 9.17) is 4.74 Å². The van der Waals surface area contributed by atoms with E-state index < -0.39 is 16.0 Å². The van der Waals surface area contributed by atoms with Gasteiger partial charge in [0.25, 0.3) is 10.2 Å². The third kappa shape index (κ3) is 3.84. The van der Waals surface area contributed by atoms with E-state index in [1.54, 1.807) is 19.0 Å². The molecule has 0 aliphatic carbocycles. The maximum atomic E-state index is 13.7.